The van der Waals surface area contributed by atoms with Crippen LogP contribution in [0.4, 0.5) is 0 Å². The monoisotopic (exact) mass is 247 g/mol. The second-order valence-corrected chi connectivity index (χ2v) is 4.72. The van der Waals surface area contributed by atoms with Gasteiger partial charge in [-0.1, -0.05) is 24.3 Å². The van der Waals surface area contributed by atoms with Crippen LogP contribution < -0.4 is 5.32 Å². The fraction of sp³-hybridized carbons (Fsp3) is 0.429. The molecule has 1 aliphatic heterocycles. The Morgan fingerprint density at radius 2 is 1.94 bits per heavy atom. The maximum absolute atomic E-state index is 11.2. The van der Waals surface area contributed by atoms with Crippen LogP contribution in [0.1, 0.15) is 35.2 Å². The molecule has 0 amide bonds. The number of hydrogen-bond donors (Lipinski definition) is 2. The molecule has 4 nitrogen and oxygen atoms in total. The number of piperidine rings is 1. The summed E-state index contributed by atoms with van der Waals surface area (Å²) in [7, 11) is 0. The molecule has 1 aliphatic rings. The van der Waals surface area contributed by atoms with Crippen molar-refractivity contribution in [1.29, 1.82) is 0 Å². The topological polar surface area (TPSA) is 66.4 Å². The zero-order valence-corrected chi connectivity index (χ0v) is 10.3. The van der Waals surface area contributed by atoms with Crippen molar-refractivity contribution in [3.63, 3.8) is 0 Å². The third-order valence-corrected chi connectivity index (χ3v) is 3.54. The van der Waals surface area contributed by atoms with E-state index in [-0.39, 0.29) is 17.6 Å². The minimum Gasteiger partial charge on any atom is -0.481 e. The zero-order chi connectivity index (χ0) is 13.1. The van der Waals surface area contributed by atoms with Gasteiger partial charge in [0.1, 0.15) is 0 Å². The Hall–Kier alpha value is -1.68. The first-order valence-electron chi connectivity index (χ1n) is 6.14. The molecule has 18 heavy (non-hydrogen) atoms. The predicted octanol–water partition coefficient (Wildman–Crippen LogP) is 1.67. The molecule has 0 bridgehead atoms. The lowest BCUT2D eigenvalue weighted by atomic mass is 9.81. The first-order valence-corrected chi connectivity index (χ1v) is 6.14. The number of carbonyl (C=O) groups excluding carboxylic acids is 1. The van der Waals surface area contributed by atoms with Crippen molar-refractivity contribution < 1.29 is 14.7 Å². The third-order valence-electron chi connectivity index (χ3n) is 3.54. The maximum Gasteiger partial charge on any atom is 0.307 e. The van der Waals surface area contributed by atoms with Gasteiger partial charge < -0.3 is 10.4 Å². The number of Topliss-reactive ketones (excluding diaryl/α,β-unsaturated/α-hetero) is 1. The molecule has 0 aromatic heterocycles. The Morgan fingerprint density at radius 1 is 1.28 bits per heavy atom. The first kappa shape index (κ1) is 12.8. The van der Waals surface area contributed by atoms with Crippen LogP contribution in [0.25, 0.3) is 0 Å². The molecule has 1 fully saturated rings. The molecule has 1 aromatic carbocycles. The number of aliphatic carboxylic acids is 1. The lowest BCUT2D eigenvalue weighted by Gasteiger charge is -2.29. The third kappa shape index (κ3) is 2.59. The number of rotatable bonds is 3. The van der Waals surface area contributed by atoms with Crippen LogP contribution in [-0.2, 0) is 4.79 Å². The number of nitrogens with one attached hydrogen (secondary N) is 1. The highest BCUT2D eigenvalue weighted by atomic mass is 16.4. The Morgan fingerprint density at radius 3 is 2.50 bits per heavy atom. The molecule has 4 heteroatoms. The summed E-state index contributed by atoms with van der Waals surface area (Å²) in [6, 6.07) is 7.27. The van der Waals surface area contributed by atoms with Crippen LogP contribution in [0.2, 0.25) is 0 Å². The van der Waals surface area contributed by atoms with E-state index in [4.69, 9.17) is 0 Å². The zero-order valence-electron chi connectivity index (χ0n) is 10.3. The van der Waals surface area contributed by atoms with Gasteiger partial charge in [0.25, 0.3) is 0 Å². The Bertz CT molecular complexity index is 453. The van der Waals surface area contributed by atoms with E-state index < -0.39 is 5.97 Å². The highest BCUT2D eigenvalue weighted by molar-refractivity contribution is 5.94. The van der Waals surface area contributed by atoms with Crippen molar-refractivity contribution in [2.45, 2.75) is 19.3 Å². The van der Waals surface area contributed by atoms with E-state index in [0.29, 0.717) is 18.5 Å². The Labute approximate surface area is 106 Å². The van der Waals surface area contributed by atoms with Crippen molar-refractivity contribution in [3.05, 3.63) is 35.4 Å². The number of ketones is 1. The molecule has 2 rings (SSSR count). The van der Waals surface area contributed by atoms with E-state index in [0.717, 1.165) is 12.1 Å². The van der Waals surface area contributed by atoms with Gasteiger partial charge in [-0.25, -0.2) is 0 Å². The second kappa shape index (κ2) is 5.31. The largest absolute Gasteiger partial charge is 0.481 e. The standard InChI is InChI=1S/C14H17NO3/c1-9(16)10-2-4-11(5-3-10)13-8-15-7-6-12(13)14(17)18/h2-5,12-13,15H,6-8H2,1H3,(H,17,18). The number of hydrogen-bond acceptors (Lipinski definition) is 3. The number of carbonyl (C=O) groups is 2. The van der Waals surface area contributed by atoms with Crippen molar-refractivity contribution >= 4 is 11.8 Å². The van der Waals surface area contributed by atoms with Crippen LogP contribution in [0, 0.1) is 5.92 Å². The van der Waals surface area contributed by atoms with Crippen molar-refractivity contribution in [2.24, 2.45) is 5.92 Å². The number of carboxylic acids is 1. The van der Waals surface area contributed by atoms with E-state index in [2.05, 4.69) is 5.32 Å². The van der Waals surface area contributed by atoms with Gasteiger partial charge in [0, 0.05) is 18.0 Å². The quantitative estimate of drug-likeness (QED) is 0.797. The lowest BCUT2D eigenvalue weighted by molar-refractivity contribution is -0.143. The average molecular weight is 247 g/mol. The van der Waals surface area contributed by atoms with Crippen molar-refractivity contribution in [3.8, 4) is 0 Å². The normalized spacial score (nSPS) is 23.6. The van der Waals surface area contributed by atoms with Crippen LogP contribution in [-0.4, -0.2) is 29.9 Å². The highest BCUT2D eigenvalue weighted by Gasteiger charge is 2.31. The molecule has 0 radical (unpaired) electrons. The second-order valence-electron chi connectivity index (χ2n) is 4.72. The predicted molar refractivity (Wildman–Crippen MR) is 67.8 cm³/mol. The summed E-state index contributed by atoms with van der Waals surface area (Å²) in [6.45, 7) is 2.95. The van der Waals surface area contributed by atoms with Gasteiger partial charge in [0.2, 0.25) is 0 Å². The van der Waals surface area contributed by atoms with Crippen LogP contribution in [0.15, 0.2) is 24.3 Å². The molecule has 0 spiro atoms. The van der Waals surface area contributed by atoms with Gasteiger partial charge in [0.15, 0.2) is 5.78 Å². The summed E-state index contributed by atoms with van der Waals surface area (Å²) >= 11 is 0. The summed E-state index contributed by atoms with van der Waals surface area (Å²) in [6.07, 6.45) is 0.647. The summed E-state index contributed by atoms with van der Waals surface area (Å²) in [4.78, 5) is 22.4. The SMILES string of the molecule is CC(=O)c1ccc(C2CNCCC2C(=O)O)cc1. The molecule has 0 aliphatic carbocycles. The summed E-state index contributed by atoms with van der Waals surface area (Å²) in [5.74, 6) is -1.07. The van der Waals surface area contributed by atoms with Gasteiger partial charge in [-0.15, -0.1) is 0 Å². The summed E-state index contributed by atoms with van der Waals surface area (Å²) < 4.78 is 0. The molecule has 1 saturated heterocycles. The Balaban J connectivity index is 2.23. The molecule has 2 N–H and O–H groups in total. The van der Waals surface area contributed by atoms with Crippen molar-refractivity contribution in [2.75, 3.05) is 13.1 Å². The minimum absolute atomic E-state index is 0.0164. The van der Waals surface area contributed by atoms with E-state index in [9.17, 15) is 14.7 Å². The molecule has 2 unspecified atom stereocenters. The fourth-order valence-electron chi connectivity index (χ4n) is 2.47. The lowest BCUT2D eigenvalue weighted by Crippen LogP contribution is -2.38. The molecular formula is C14H17NO3. The average Bonchev–Trinajstić information content (AvgIpc) is 2.39. The molecule has 1 aromatic rings. The molecule has 0 saturated carbocycles. The molecular weight excluding hydrogens is 230 g/mol. The van der Waals surface area contributed by atoms with E-state index in [1.807, 2.05) is 12.1 Å². The van der Waals surface area contributed by atoms with Crippen LogP contribution in [0.5, 0.6) is 0 Å². The number of benzene rings is 1. The summed E-state index contributed by atoms with van der Waals surface area (Å²) in [5.41, 5.74) is 1.65. The van der Waals surface area contributed by atoms with Crippen LogP contribution in [0.3, 0.4) is 0 Å². The van der Waals surface area contributed by atoms with E-state index >= 15 is 0 Å². The van der Waals surface area contributed by atoms with Gasteiger partial charge in [-0.2, -0.15) is 0 Å². The first-order chi connectivity index (χ1) is 8.59. The van der Waals surface area contributed by atoms with Crippen molar-refractivity contribution in [1.82, 2.24) is 5.32 Å². The molecule has 96 valence electrons. The number of carboxylic acid groups (broad SMARTS) is 1. The highest BCUT2D eigenvalue weighted by Crippen LogP contribution is 2.29. The van der Waals surface area contributed by atoms with Crippen LogP contribution >= 0.6 is 0 Å². The molecule has 2 atom stereocenters. The smallest absolute Gasteiger partial charge is 0.307 e. The van der Waals surface area contributed by atoms with E-state index in [1.165, 1.54) is 6.92 Å². The Kier molecular flexibility index (Phi) is 3.77. The maximum atomic E-state index is 11.2. The van der Waals surface area contributed by atoms with Gasteiger partial charge in [-0.3, -0.25) is 9.59 Å². The van der Waals surface area contributed by atoms with Gasteiger partial charge in [-0.05, 0) is 25.5 Å². The van der Waals surface area contributed by atoms with Gasteiger partial charge >= 0.3 is 5.97 Å². The summed E-state index contributed by atoms with van der Waals surface area (Å²) in [5, 5.41) is 12.5. The molecule has 1 heterocycles. The fourth-order valence-corrected chi connectivity index (χ4v) is 2.47. The van der Waals surface area contributed by atoms with E-state index in [1.54, 1.807) is 12.1 Å². The minimum atomic E-state index is -0.739. The van der Waals surface area contributed by atoms with Gasteiger partial charge in [0.05, 0.1) is 5.92 Å².